The molecule has 0 unspecified atom stereocenters. The molecule has 1 aliphatic rings. The van der Waals surface area contributed by atoms with E-state index in [-0.39, 0.29) is 0 Å². The lowest BCUT2D eigenvalue weighted by Gasteiger charge is -2.28. The molecule has 1 aromatic rings. The maximum absolute atomic E-state index is 5.75. The second kappa shape index (κ2) is 5.13. The van der Waals surface area contributed by atoms with Crippen LogP contribution in [0.2, 0.25) is 0 Å². The Balaban J connectivity index is 1.89. The Morgan fingerprint density at radius 1 is 1.27 bits per heavy atom. The molecule has 0 amide bonds. The van der Waals surface area contributed by atoms with Crippen molar-refractivity contribution >= 4 is 11.3 Å². The molecule has 2 heteroatoms. The van der Waals surface area contributed by atoms with Crippen LogP contribution in [0.4, 0.5) is 0 Å². The molecule has 2 N–H and O–H groups in total. The molecule has 0 aliphatic heterocycles. The molecule has 0 atom stereocenters. The fourth-order valence-electron chi connectivity index (χ4n) is 2.90. The molecule has 84 valence electrons. The van der Waals surface area contributed by atoms with Gasteiger partial charge in [-0.2, -0.15) is 0 Å². The monoisotopic (exact) mass is 223 g/mol. The molecule has 0 bridgehead atoms. The van der Waals surface area contributed by atoms with Crippen molar-refractivity contribution in [3.05, 3.63) is 22.4 Å². The van der Waals surface area contributed by atoms with Crippen LogP contribution in [-0.4, -0.2) is 6.54 Å². The van der Waals surface area contributed by atoms with Crippen LogP contribution in [0.25, 0.3) is 0 Å². The van der Waals surface area contributed by atoms with Crippen LogP contribution in [0, 0.1) is 5.41 Å². The summed E-state index contributed by atoms with van der Waals surface area (Å²) in [5, 5.41) is 2.18. The zero-order chi connectivity index (χ0) is 10.6. The van der Waals surface area contributed by atoms with Crippen LogP contribution in [-0.2, 0) is 6.42 Å². The summed E-state index contributed by atoms with van der Waals surface area (Å²) in [5.74, 6) is 0. The van der Waals surface area contributed by atoms with E-state index < -0.39 is 0 Å². The highest BCUT2D eigenvalue weighted by Crippen LogP contribution is 2.44. The SMILES string of the molecule is NCCC1(CCc2cccs2)CCCC1. The highest BCUT2D eigenvalue weighted by atomic mass is 32.1. The van der Waals surface area contributed by atoms with Gasteiger partial charge in [0.15, 0.2) is 0 Å². The Morgan fingerprint density at radius 2 is 2.07 bits per heavy atom. The summed E-state index contributed by atoms with van der Waals surface area (Å²) in [5.41, 5.74) is 6.34. The summed E-state index contributed by atoms with van der Waals surface area (Å²) in [6.07, 6.45) is 9.51. The molecule has 1 fully saturated rings. The number of hydrogen-bond donors (Lipinski definition) is 1. The van der Waals surface area contributed by atoms with E-state index in [1.807, 2.05) is 11.3 Å². The van der Waals surface area contributed by atoms with E-state index in [9.17, 15) is 0 Å². The van der Waals surface area contributed by atoms with E-state index in [1.165, 1.54) is 44.9 Å². The predicted octanol–water partition coefficient (Wildman–Crippen LogP) is 3.59. The minimum atomic E-state index is 0.596. The molecule has 0 aromatic carbocycles. The van der Waals surface area contributed by atoms with Crippen LogP contribution in [0.5, 0.6) is 0 Å². The lowest BCUT2D eigenvalue weighted by atomic mass is 9.78. The molecular formula is C13H21NS. The zero-order valence-corrected chi connectivity index (χ0v) is 10.2. The van der Waals surface area contributed by atoms with Crippen molar-refractivity contribution in [1.29, 1.82) is 0 Å². The number of rotatable bonds is 5. The first-order valence-electron chi connectivity index (χ1n) is 6.07. The second-order valence-electron chi connectivity index (χ2n) is 4.83. The minimum absolute atomic E-state index is 0.596. The number of hydrogen-bond acceptors (Lipinski definition) is 2. The van der Waals surface area contributed by atoms with Gasteiger partial charge in [0.1, 0.15) is 0 Å². The van der Waals surface area contributed by atoms with Gasteiger partial charge in [0.05, 0.1) is 0 Å². The van der Waals surface area contributed by atoms with Gasteiger partial charge in [-0.3, -0.25) is 0 Å². The Labute approximate surface area is 96.7 Å². The van der Waals surface area contributed by atoms with Crippen molar-refractivity contribution in [2.45, 2.75) is 44.9 Å². The van der Waals surface area contributed by atoms with E-state index in [2.05, 4.69) is 17.5 Å². The Kier molecular flexibility index (Phi) is 3.81. The summed E-state index contributed by atoms with van der Waals surface area (Å²) in [6.45, 7) is 0.866. The third-order valence-electron chi connectivity index (χ3n) is 3.82. The van der Waals surface area contributed by atoms with E-state index in [1.54, 1.807) is 4.88 Å². The molecule has 1 heterocycles. The van der Waals surface area contributed by atoms with Crippen LogP contribution in [0.3, 0.4) is 0 Å². The predicted molar refractivity (Wildman–Crippen MR) is 67.2 cm³/mol. The van der Waals surface area contributed by atoms with Crippen LogP contribution >= 0.6 is 11.3 Å². The molecule has 1 aromatic heterocycles. The smallest absolute Gasteiger partial charge is 0.00454 e. The molecule has 2 rings (SSSR count). The standard InChI is InChI=1S/C13H21NS/c14-10-9-13(6-1-2-7-13)8-5-12-4-3-11-15-12/h3-4,11H,1-2,5-10,14H2. The van der Waals surface area contributed by atoms with Gasteiger partial charge in [-0.25, -0.2) is 0 Å². The Hall–Kier alpha value is -0.340. The third-order valence-corrected chi connectivity index (χ3v) is 4.76. The van der Waals surface area contributed by atoms with Gasteiger partial charge < -0.3 is 5.73 Å². The Morgan fingerprint density at radius 3 is 2.67 bits per heavy atom. The average molecular weight is 223 g/mol. The van der Waals surface area contributed by atoms with Crippen molar-refractivity contribution < 1.29 is 0 Å². The average Bonchev–Trinajstić information content (AvgIpc) is 2.85. The lowest BCUT2D eigenvalue weighted by Crippen LogP contribution is -2.21. The largest absolute Gasteiger partial charge is 0.330 e. The molecule has 15 heavy (non-hydrogen) atoms. The van der Waals surface area contributed by atoms with Crippen LogP contribution in [0.1, 0.15) is 43.4 Å². The van der Waals surface area contributed by atoms with Crippen molar-refractivity contribution in [1.82, 2.24) is 0 Å². The Bertz CT molecular complexity index is 273. The number of nitrogens with two attached hydrogens (primary N) is 1. The normalized spacial score (nSPS) is 19.5. The maximum atomic E-state index is 5.75. The van der Waals surface area contributed by atoms with E-state index in [4.69, 9.17) is 5.73 Å². The van der Waals surface area contributed by atoms with Gasteiger partial charge in [-0.05, 0) is 55.5 Å². The minimum Gasteiger partial charge on any atom is -0.330 e. The quantitative estimate of drug-likeness (QED) is 0.811. The van der Waals surface area contributed by atoms with Crippen molar-refractivity contribution in [3.63, 3.8) is 0 Å². The topological polar surface area (TPSA) is 26.0 Å². The van der Waals surface area contributed by atoms with Gasteiger partial charge in [0.2, 0.25) is 0 Å². The van der Waals surface area contributed by atoms with Crippen molar-refractivity contribution in [2.24, 2.45) is 11.1 Å². The maximum Gasteiger partial charge on any atom is 0.00454 e. The first kappa shape index (κ1) is 11.2. The highest BCUT2D eigenvalue weighted by Gasteiger charge is 2.32. The van der Waals surface area contributed by atoms with Crippen molar-refractivity contribution in [2.75, 3.05) is 6.54 Å². The van der Waals surface area contributed by atoms with Gasteiger partial charge in [-0.15, -0.1) is 11.3 Å². The summed E-state index contributed by atoms with van der Waals surface area (Å²) in [6, 6.07) is 4.42. The van der Waals surface area contributed by atoms with Gasteiger partial charge in [0, 0.05) is 4.88 Å². The summed E-state index contributed by atoms with van der Waals surface area (Å²) in [4.78, 5) is 1.54. The van der Waals surface area contributed by atoms with Crippen LogP contribution < -0.4 is 5.73 Å². The summed E-state index contributed by atoms with van der Waals surface area (Å²) in [7, 11) is 0. The molecule has 0 radical (unpaired) electrons. The number of aryl methyl sites for hydroxylation is 1. The van der Waals surface area contributed by atoms with Gasteiger partial charge in [0.25, 0.3) is 0 Å². The van der Waals surface area contributed by atoms with E-state index in [0.717, 1.165) is 6.54 Å². The third kappa shape index (κ3) is 2.82. The first-order valence-corrected chi connectivity index (χ1v) is 6.95. The molecule has 1 saturated carbocycles. The number of thiophene rings is 1. The zero-order valence-electron chi connectivity index (χ0n) is 9.37. The molecule has 0 saturated heterocycles. The van der Waals surface area contributed by atoms with E-state index >= 15 is 0 Å². The van der Waals surface area contributed by atoms with Crippen LogP contribution in [0.15, 0.2) is 17.5 Å². The summed E-state index contributed by atoms with van der Waals surface area (Å²) < 4.78 is 0. The summed E-state index contributed by atoms with van der Waals surface area (Å²) >= 11 is 1.89. The second-order valence-corrected chi connectivity index (χ2v) is 5.86. The van der Waals surface area contributed by atoms with Gasteiger partial charge in [-0.1, -0.05) is 18.9 Å². The fourth-order valence-corrected chi connectivity index (χ4v) is 3.61. The van der Waals surface area contributed by atoms with Crippen molar-refractivity contribution in [3.8, 4) is 0 Å². The molecule has 0 spiro atoms. The van der Waals surface area contributed by atoms with Gasteiger partial charge >= 0.3 is 0 Å². The highest BCUT2D eigenvalue weighted by molar-refractivity contribution is 7.09. The molecule has 1 nitrogen and oxygen atoms in total. The van der Waals surface area contributed by atoms with E-state index in [0.29, 0.717) is 5.41 Å². The molecule has 1 aliphatic carbocycles. The fraction of sp³-hybridized carbons (Fsp3) is 0.692. The lowest BCUT2D eigenvalue weighted by molar-refractivity contribution is 0.254. The first-order chi connectivity index (χ1) is 7.35. The molecular weight excluding hydrogens is 202 g/mol.